The fraction of sp³-hybridized carbons (Fsp3) is 0.111. The van der Waals surface area contributed by atoms with Crippen molar-refractivity contribution in [3.8, 4) is 10.6 Å². The molecule has 116 valence electrons. The first-order valence-electron chi connectivity index (χ1n) is 7.14. The van der Waals surface area contributed by atoms with Crippen molar-refractivity contribution in [3.05, 3.63) is 69.7 Å². The van der Waals surface area contributed by atoms with E-state index in [1.54, 1.807) is 24.3 Å². The van der Waals surface area contributed by atoms with Gasteiger partial charge in [-0.1, -0.05) is 41.4 Å². The van der Waals surface area contributed by atoms with Gasteiger partial charge in [0.15, 0.2) is 0 Å². The van der Waals surface area contributed by atoms with E-state index in [-0.39, 0.29) is 5.91 Å². The molecule has 5 heteroatoms. The lowest BCUT2D eigenvalue weighted by Gasteiger charge is -2.03. The fourth-order valence-electron chi connectivity index (χ4n) is 2.15. The SMILES string of the molecule is Cc1ccc(-c2nc(C(=O)Nc3ccc(Cl)cc3)c(C)s2)cc1. The molecular formula is C18H15ClN2OS. The van der Waals surface area contributed by atoms with Crippen molar-refractivity contribution in [1.82, 2.24) is 4.98 Å². The van der Waals surface area contributed by atoms with Crippen LogP contribution in [0.4, 0.5) is 5.69 Å². The molecule has 0 fully saturated rings. The number of halogens is 1. The highest BCUT2D eigenvalue weighted by Crippen LogP contribution is 2.28. The van der Waals surface area contributed by atoms with Gasteiger partial charge in [-0.15, -0.1) is 11.3 Å². The second-order valence-electron chi connectivity index (χ2n) is 5.25. The molecule has 0 saturated heterocycles. The number of benzene rings is 2. The van der Waals surface area contributed by atoms with E-state index < -0.39 is 0 Å². The summed E-state index contributed by atoms with van der Waals surface area (Å²) in [5.74, 6) is -0.209. The van der Waals surface area contributed by atoms with Crippen LogP contribution in [0, 0.1) is 13.8 Å². The molecule has 0 unspecified atom stereocenters. The Morgan fingerprint density at radius 2 is 1.70 bits per heavy atom. The molecule has 3 aromatic rings. The van der Waals surface area contributed by atoms with E-state index in [0.717, 1.165) is 15.4 Å². The highest BCUT2D eigenvalue weighted by molar-refractivity contribution is 7.15. The van der Waals surface area contributed by atoms with Gasteiger partial charge in [0.2, 0.25) is 0 Å². The maximum Gasteiger partial charge on any atom is 0.275 e. The Hall–Kier alpha value is -2.17. The van der Waals surface area contributed by atoms with Crippen molar-refractivity contribution >= 4 is 34.5 Å². The molecule has 0 aliphatic rings. The van der Waals surface area contributed by atoms with Gasteiger partial charge in [0.1, 0.15) is 10.7 Å². The van der Waals surface area contributed by atoms with Crippen molar-refractivity contribution in [2.24, 2.45) is 0 Å². The summed E-state index contributed by atoms with van der Waals surface area (Å²) in [6.45, 7) is 3.95. The predicted molar refractivity (Wildman–Crippen MR) is 96.4 cm³/mol. The van der Waals surface area contributed by atoms with Crippen LogP contribution in [0.2, 0.25) is 5.02 Å². The Morgan fingerprint density at radius 3 is 2.35 bits per heavy atom. The molecule has 1 aromatic heterocycles. The van der Waals surface area contributed by atoms with Gasteiger partial charge in [0, 0.05) is 21.2 Å². The first-order valence-corrected chi connectivity index (χ1v) is 8.34. The lowest BCUT2D eigenvalue weighted by Crippen LogP contribution is -2.13. The number of aryl methyl sites for hydroxylation is 2. The molecule has 0 saturated carbocycles. The van der Waals surface area contributed by atoms with E-state index in [1.165, 1.54) is 16.9 Å². The molecule has 2 aromatic carbocycles. The average molecular weight is 343 g/mol. The number of carbonyl (C=O) groups is 1. The van der Waals surface area contributed by atoms with Gasteiger partial charge < -0.3 is 5.32 Å². The van der Waals surface area contributed by atoms with Crippen LogP contribution in [-0.4, -0.2) is 10.9 Å². The smallest absolute Gasteiger partial charge is 0.275 e. The number of hydrogen-bond acceptors (Lipinski definition) is 3. The third-order valence-electron chi connectivity index (χ3n) is 3.41. The van der Waals surface area contributed by atoms with Crippen LogP contribution < -0.4 is 5.32 Å². The number of aromatic nitrogens is 1. The summed E-state index contributed by atoms with van der Waals surface area (Å²) in [4.78, 5) is 17.8. The van der Waals surface area contributed by atoms with Crippen LogP contribution in [0.3, 0.4) is 0 Å². The summed E-state index contributed by atoms with van der Waals surface area (Å²) in [5.41, 5.74) is 3.38. The summed E-state index contributed by atoms with van der Waals surface area (Å²) in [7, 11) is 0. The summed E-state index contributed by atoms with van der Waals surface area (Å²) in [6, 6.07) is 15.1. The number of nitrogens with zero attached hydrogens (tertiary/aromatic N) is 1. The van der Waals surface area contributed by atoms with Crippen LogP contribution in [0.1, 0.15) is 20.9 Å². The topological polar surface area (TPSA) is 42.0 Å². The molecule has 0 bridgehead atoms. The molecule has 0 aliphatic heterocycles. The van der Waals surface area contributed by atoms with Crippen molar-refractivity contribution in [2.45, 2.75) is 13.8 Å². The zero-order valence-electron chi connectivity index (χ0n) is 12.8. The number of carbonyl (C=O) groups excluding carboxylic acids is 1. The number of anilines is 1. The first kappa shape index (κ1) is 15.7. The molecule has 1 heterocycles. The summed E-state index contributed by atoms with van der Waals surface area (Å²) < 4.78 is 0. The van der Waals surface area contributed by atoms with Gasteiger partial charge in [-0.2, -0.15) is 0 Å². The summed E-state index contributed by atoms with van der Waals surface area (Å²) in [6.07, 6.45) is 0. The van der Waals surface area contributed by atoms with Gasteiger partial charge in [-0.05, 0) is 38.1 Å². The molecule has 1 N–H and O–H groups in total. The van der Waals surface area contributed by atoms with Crippen LogP contribution in [-0.2, 0) is 0 Å². The molecule has 0 spiro atoms. The molecule has 0 radical (unpaired) electrons. The van der Waals surface area contributed by atoms with E-state index in [4.69, 9.17) is 11.6 Å². The molecule has 3 rings (SSSR count). The van der Waals surface area contributed by atoms with E-state index in [1.807, 2.05) is 38.1 Å². The first-order chi connectivity index (χ1) is 11.0. The minimum atomic E-state index is -0.209. The summed E-state index contributed by atoms with van der Waals surface area (Å²) in [5, 5.41) is 4.33. The number of nitrogens with one attached hydrogen (secondary N) is 1. The van der Waals surface area contributed by atoms with Crippen LogP contribution >= 0.6 is 22.9 Å². The minimum Gasteiger partial charge on any atom is -0.321 e. The Morgan fingerprint density at radius 1 is 1.04 bits per heavy atom. The number of rotatable bonds is 3. The zero-order chi connectivity index (χ0) is 16.4. The second kappa shape index (κ2) is 6.52. The van der Waals surface area contributed by atoms with Crippen molar-refractivity contribution in [2.75, 3.05) is 5.32 Å². The number of hydrogen-bond donors (Lipinski definition) is 1. The third-order valence-corrected chi connectivity index (χ3v) is 4.68. The van der Waals surface area contributed by atoms with E-state index >= 15 is 0 Å². The minimum absolute atomic E-state index is 0.209. The van der Waals surface area contributed by atoms with Gasteiger partial charge >= 0.3 is 0 Å². The maximum atomic E-state index is 12.4. The van der Waals surface area contributed by atoms with Gasteiger partial charge in [0.05, 0.1) is 0 Å². The van der Waals surface area contributed by atoms with Crippen molar-refractivity contribution < 1.29 is 4.79 Å². The van der Waals surface area contributed by atoms with Gasteiger partial charge in [-0.3, -0.25) is 4.79 Å². The highest BCUT2D eigenvalue weighted by Gasteiger charge is 2.16. The molecule has 0 aliphatic carbocycles. The summed E-state index contributed by atoms with van der Waals surface area (Å²) >= 11 is 7.37. The fourth-order valence-corrected chi connectivity index (χ4v) is 3.19. The predicted octanol–water partition coefficient (Wildman–Crippen LogP) is 5.33. The van der Waals surface area contributed by atoms with Gasteiger partial charge in [-0.25, -0.2) is 4.98 Å². The van der Waals surface area contributed by atoms with E-state index in [0.29, 0.717) is 16.4 Å². The monoisotopic (exact) mass is 342 g/mol. The molecule has 3 nitrogen and oxygen atoms in total. The quantitative estimate of drug-likeness (QED) is 0.698. The van der Waals surface area contributed by atoms with E-state index in [2.05, 4.69) is 10.3 Å². The maximum absolute atomic E-state index is 12.4. The van der Waals surface area contributed by atoms with Crippen LogP contribution in [0.25, 0.3) is 10.6 Å². The van der Waals surface area contributed by atoms with E-state index in [9.17, 15) is 4.79 Å². The Bertz CT molecular complexity index is 838. The average Bonchev–Trinajstić information content (AvgIpc) is 2.92. The molecule has 0 atom stereocenters. The van der Waals surface area contributed by atoms with Crippen molar-refractivity contribution in [3.63, 3.8) is 0 Å². The number of amides is 1. The number of thiazole rings is 1. The largest absolute Gasteiger partial charge is 0.321 e. The van der Waals surface area contributed by atoms with Gasteiger partial charge in [0.25, 0.3) is 5.91 Å². The normalized spacial score (nSPS) is 10.6. The van der Waals surface area contributed by atoms with Crippen LogP contribution in [0.5, 0.6) is 0 Å². The third kappa shape index (κ3) is 3.60. The van der Waals surface area contributed by atoms with Crippen molar-refractivity contribution in [1.29, 1.82) is 0 Å². The zero-order valence-corrected chi connectivity index (χ0v) is 14.3. The van der Waals surface area contributed by atoms with Crippen LogP contribution in [0.15, 0.2) is 48.5 Å². The molecular weight excluding hydrogens is 328 g/mol. The lowest BCUT2D eigenvalue weighted by molar-refractivity contribution is 0.102. The molecule has 1 amide bonds. The lowest BCUT2D eigenvalue weighted by atomic mass is 10.2. The highest BCUT2D eigenvalue weighted by atomic mass is 35.5. The Labute approximate surface area is 144 Å². The standard InChI is InChI=1S/C18H15ClN2OS/c1-11-3-5-13(6-4-11)18-21-16(12(2)23-18)17(22)20-15-9-7-14(19)8-10-15/h3-10H,1-2H3,(H,20,22). The Balaban J connectivity index is 1.84. The second-order valence-corrected chi connectivity index (χ2v) is 6.89. The Kier molecular flexibility index (Phi) is 4.46. The molecule has 23 heavy (non-hydrogen) atoms.